The molecule has 128 valence electrons. The first-order valence-corrected chi connectivity index (χ1v) is 9.36. The van der Waals surface area contributed by atoms with E-state index in [2.05, 4.69) is 0 Å². The molecule has 9 nitrogen and oxygen atoms in total. The van der Waals surface area contributed by atoms with Gasteiger partial charge in [0.1, 0.15) is 9.92 Å². The topological polar surface area (TPSA) is 144 Å². The summed E-state index contributed by atoms with van der Waals surface area (Å²) in [4.78, 5) is 8.83. The Labute approximate surface area is 141 Å². The van der Waals surface area contributed by atoms with Gasteiger partial charge in [-0.15, -0.1) is 0 Å². The van der Waals surface area contributed by atoms with Gasteiger partial charge in [0.05, 0.1) is 15.5 Å². The number of halogens is 1. The summed E-state index contributed by atoms with van der Waals surface area (Å²) >= 11 is 5.62. The summed E-state index contributed by atoms with van der Waals surface area (Å²) < 4.78 is 58.3. The van der Waals surface area contributed by atoms with Gasteiger partial charge in [-0.3, -0.25) is 19.4 Å². The van der Waals surface area contributed by atoms with E-state index in [1.807, 2.05) is 4.72 Å². The van der Waals surface area contributed by atoms with Crippen molar-refractivity contribution in [3.8, 4) is 0 Å². The molecule has 2 rings (SSSR count). The van der Waals surface area contributed by atoms with Crippen molar-refractivity contribution in [2.75, 3.05) is 4.72 Å². The molecule has 0 aliphatic carbocycles. The van der Waals surface area contributed by atoms with Crippen molar-refractivity contribution in [1.29, 1.82) is 0 Å². The van der Waals surface area contributed by atoms with Gasteiger partial charge < -0.3 is 0 Å². The molecule has 2 aromatic rings. The highest BCUT2D eigenvalue weighted by Crippen LogP contribution is 2.29. The number of para-hydroxylation sites is 1. The summed E-state index contributed by atoms with van der Waals surface area (Å²) in [5.74, 6) is 0. The maximum Gasteiger partial charge on any atom is 0.296 e. The Morgan fingerprint density at radius 2 is 1.71 bits per heavy atom. The van der Waals surface area contributed by atoms with Gasteiger partial charge in [-0.25, -0.2) is 8.42 Å². The third-order valence-electron chi connectivity index (χ3n) is 2.83. The maximum atomic E-state index is 12.3. The quantitative estimate of drug-likeness (QED) is 0.451. The van der Waals surface area contributed by atoms with Crippen LogP contribution in [0.3, 0.4) is 0 Å². The molecule has 0 aliphatic rings. The van der Waals surface area contributed by atoms with Gasteiger partial charge in [0.25, 0.3) is 25.8 Å². The molecule has 12 heteroatoms. The van der Waals surface area contributed by atoms with Crippen LogP contribution in [0.1, 0.15) is 0 Å². The van der Waals surface area contributed by atoms with Crippen molar-refractivity contribution in [2.45, 2.75) is 9.79 Å². The normalized spacial score (nSPS) is 11.9. The minimum atomic E-state index is -4.67. The minimum Gasteiger partial charge on any atom is -0.282 e. The Morgan fingerprint density at radius 1 is 1.08 bits per heavy atom. The van der Waals surface area contributed by atoms with E-state index in [1.54, 1.807) is 0 Å². The van der Waals surface area contributed by atoms with Crippen molar-refractivity contribution in [1.82, 2.24) is 0 Å². The van der Waals surface area contributed by atoms with Gasteiger partial charge >= 0.3 is 0 Å². The fraction of sp³-hybridized carbons (Fsp3) is 0. The van der Waals surface area contributed by atoms with Gasteiger partial charge in [-0.1, -0.05) is 23.7 Å². The van der Waals surface area contributed by atoms with Gasteiger partial charge in [0, 0.05) is 6.07 Å². The lowest BCUT2D eigenvalue weighted by atomic mass is 10.3. The lowest BCUT2D eigenvalue weighted by Crippen LogP contribution is -2.15. The average molecular weight is 393 g/mol. The smallest absolute Gasteiger partial charge is 0.282 e. The Bertz CT molecular complexity index is 1020. The first kappa shape index (κ1) is 18.1. The van der Waals surface area contributed by atoms with Crippen LogP contribution in [0.25, 0.3) is 0 Å². The van der Waals surface area contributed by atoms with E-state index in [1.165, 1.54) is 12.1 Å². The van der Waals surface area contributed by atoms with Crippen molar-refractivity contribution < 1.29 is 26.3 Å². The molecule has 0 atom stereocenters. The highest BCUT2D eigenvalue weighted by molar-refractivity contribution is 7.93. The molecule has 0 heterocycles. The molecule has 0 amide bonds. The van der Waals surface area contributed by atoms with Crippen molar-refractivity contribution >= 4 is 43.1 Å². The van der Waals surface area contributed by atoms with Crippen LogP contribution in [0.2, 0.25) is 5.02 Å². The Kier molecular flexibility index (Phi) is 4.80. The monoisotopic (exact) mass is 392 g/mol. The summed E-state index contributed by atoms with van der Waals surface area (Å²) in [7, 11) is -9.03. The van der Waals surface area contributed by atoms with E-state index in [9.17, 15) is 26.9 Å². The van der Waals surface area contributed by atoms with Gasteiger partial charge in [-0.2, -0.15) is 8.42 Å². The molecule has 0 fully saturated rings. The number of hydrogen-bond donors (Lipinski definition) is 2. The molecule has 0 aromatic heterocycles. The summed E-state index contributed by atoms with van der Waals surface area (Å²) in [6.45, 7) is 0. The van der Waals surface area contributed by atoms with Crippen LogP contribution in [-0.2, 0) is 20.1 Å². The van der Waals surface area contributed by atoms with Crippen molar-refractivity contribution in [3.63, 3.8) is 0 Å². The second-order valence-corrected chi connectivity index (χ2v) is 7.93. The third kappa shape index (κ3) is 3.82. The number of nitrogens with zero attached hydrogens (tertiary/aromatic N) is 1. The van der Waals surface area contributed by atoms with Crippen LogP contribution in [0, 0.1) is 10.1 Å². The van der Waals surface area contributed by atoms with E-state index in [0.717, 1.165) is 30.3 Å². The number of benzene rings is 2. The Morgan fingerprint density at radius 3 is 2.29 bits per heavy atom. The second-order valence-electron chi connectivity index (χ2n) is 4.45. The summed E-state index contributed by atoms with van der Waals surface area (Å²) in [6.07, 6.45) is 0. The van der Waals surface area contributed by atoms with E-state index in [-0.39, 0.29) is 5.02 Å². The zero-order valence-corrected chi connectivity index (χ0v) is 14.0. The predicted molar refractivity (Wildman–Crippen MR) is 85.2 cm³/mol. The molecule has 24 heavy (non-hydrogen) atoms. The lowest BCUT2D eigenvalue weighted by molar-refractivity contribution is -0.384. The van der Waals surface area contributed by atoms with E-state index < -0.39 is 46.2 Å². The summed E-state index contributed by atoms with van der Waals surface area (Å²) in [6, 6.07) is 7.53. The second kappa shape index (κ2) is 6.36. The highest BCUT2D eigenvalue weighted by Gasteiger charge is 2.23. The molecule has 2 aromatic carbocycles. The van der Waals surface area contributed by atoms with Gasteiger partial charge in [0.2, 0.25) is 0 Å². The van der Waals surface area contributed by atoms with E-state index in [0.29, 0.717) is 0 Å². The van der Waals surface area contributed by atoms with Crippen LogP contribution in [0.5, 0.6) is 0 Å². The Balaban J connectivity index is 2.52. The van der Waals surface area contributed by atoms with E-state index in [4.69, 9.17) is 16.2 Å². The number of nitrogens with one attached hydrogen (secondary N) is 1. The van der Waals surface area contributed by atoms with Crippen LogP contribution in [0.15, 0.2) is 52.3 Å². The molecule has 0 aliphatic heterocycles. The molecule has 0 saturated heterocycles. The molecule has 0 unspecified atom stereocenters. The van der Waals surface area contributed by atoms with Crippen LogP contribution in [-0.4, -0.2) is 26.3 Å². The van der Waals surface area contributed by atoms with Crippen molar-refractivity contribution in [3.05, 3.63) is 57.6 Å². The summed E-state index contributed by atoms with van der Waals surface area (Å²) in [5, 5.41) is 10.6. The highest BCUT2D eigenvalue weighted by atomic mass is 35.5. The lowest BCUT2D eigenvalue weighted by Gasteiger charge is -2.11. The first-order valence-electron chi connectivity index (χ1n) is 6.05. The molecule has 2 N–H and O–H groups in total. The van der Waals surface area contributed by atoms with Gasteiger partial charge in [0.15, 0.2) is 0 Å². The number of sulfonamides is 1. The first-order chi connectivity index (χ1) is 11.0. The maximum absolute atomic E-state index is 12.3. The molecule has 0 spiro atoms. The molecule has 0 radical (unpaired) electrons. The number of anilines is 1. The van der Waals surface area contributed by atoms with E-state index >= 15 is 0 Å². The molecule has 0 saturated carbocycles. The fourth-order valence-corrected chi connectivity index (χ4v) is 3.78. The average Bonchev–Trinajstić information content (AvgIpc) is 2.46. The Hall–Kier alpha value is -2.21. The third-order valence-corrected chi connectivity index (χ3v) is 5.43. The number of hydrogen-bond acceptors (Lipinski definition) is 6. The number of nitro benzene ring substituents is 1. The molecule has 0 bridgehead atoms. The minimum absolute atomic E-state index is 0.253. The van der Waals surface area contributed by atoms with Crippen molar-refractivity contribution in [2.24, 2.45) is 0 Å². The number of nitro groups is 1. The van der Waals surface area contributed by atoms with Gasteiger partial charge in [-0.05, 0) is 24.3 Å². The molecular weight excluding hydrogens is 384 g/mol. The zero-order valence-electron chi connectivity index (χ0n) is 11.6. The van der Waals surface area contributed by atoms with Crippen LogP contribution in [0.4, 0.5) is 11.4 Å². The zero-order chi connectivity index (χ0) is 18.1. The standard InChI is InChI=1S/C12H9ClN2O7S2/c13-9-6-5-8(7-11(9)15(16)17)23(18,19)14-10-3-1-2-4-12(10)24(20,21)22/h1-7,14H,(H,20,21,22). The predicted octanol–water partition coefficient (Wildman–Crippen LogP) is 2.30. The van der Waals surface area contributed by atoms with Crippen LogP contribution >= 0.6 is 11.6 Å². The number of rotatable bonds is 5. The largest absolute Gasteiger partial charge is 0.296 e. The van der Waals surface area contributed by atoms with Crippen LogP contribution < -0.4 is 4.72 Å². The SMILES string of the molecule is O=[N+]([O-])c1cc(S(=O)(=O)Nc2ccccc2S(=O)(=O)O)ccc1Cl. The molecular formula is C12H9ClN2O7S2. The fourth-order valence-electron chi connectivity index (χ4n) is 1.78. The summed E-state index contributed by atoms with van der Waals surface area (Å²) in [5.41, 5.74) is -1.03.